The Hall–Kier alpha value is -3.40. The SMILES string of the molecule is CC(C)[C@H]1CC[C@@H](C)/C(=C/c2ccc(N=Cc3cnc(-c4ccccc4)nc3)cc2)C1=O. The van der Waals surface area contributed by atoms with Gasteiger partial charge in [-0.1, -0.05) is 63.2 Å². The maximum absolute atomic E-state index is 12.9. The molecular weight excluding hydrogens is 394 g/mol. The monoisotopic (exact) mass is 423 g/mol. The van der Waals surface area contributed by atoms with Gasteiger partial charge in [0.25, 0.3) is 0 Å². The van der Waals surface area contributed by atoms with E-state index in [1.807, 2.05) is 54.6 Å². The molecule has 0 spiro atoms. The Kier molecular flexibility index (Phi) is 6.69. The third-order valence-corrected chi connectivity index (χ3v) is 6.15. The second-order valence-electron chi connectivity index (χ2n) is 8.85. The van der Waals surface area contributed by atoms with E-state index in [4.69, 9.17) is 0 Å². The fourth-order valence-electron chi connectivity index (χ4n) is 4.15. The molecule has 0 N–H and O–H groups in total. The normalized spacial score (nSPS) is 20.4. The first-order valence-electron chi connectivity index (χ1n) is 11.3. The van der Waals surface area contributed by atoms with Crippen LogP contribution in [-0.4, -0.2) is 22.0 Å². The number of Topliss-reactive ketones (excluding diaryl/α,β-unsaturated/α-hetero) is 1. The van der Waals surface area contributed by atoms with Crippen molar-refractivity contribution in [2.75, 3.05) is 0 Å². The number of aliphatic imine (C=N–C) groups is 1. The Morgan fingerprint density at radius 3 is 2.28 bits per heavy atom. The molecule has 0 saturated heterocycles. The van der Waals surface area contributed by atoms with Crippen LogP contribution in [0.4, 0.5) is 5.69 Å². The van der Waals surface area contributed by atoms with Crippen molar-refractivity contribution in [2.45, 2.75) is 33.6 Å². The van der Waals surface area contributed by atoms with E-state index in [0.29, 0.717) is 23.4 Å². The molecule has 2 atom stereocenters. The molecule has 4 rings (SSSR count). The first-order valence-corrected chi connectivity index (χ1v) is 11.3. The average molecular weight is 424 g/mol. The lowest BCUT2D eigenvalue weighted by Crippen LogP contribution is -2.30. The van der Waals surface area contributed by atoms with Gasteiger partial charge in [-0.05, 0) is 54.0 Å². The van der Waals surface area contributed by atoms with Gasteiger partial charge in [0.15, 0.2) is 11.6 Å². The van der Waals surface area contributed by atoms with Crippen LogP contribution in [-0.2, 0) is 4.79 Å². The summed E-state index contributed by atoms with van der Waals surface area (Å²) in [6.07, 6.45) is 9.46. The number of rotatable bonds is 5. The van der Waals surface area contributed by atoms with Crippen LogP contribution >= 0.6 is 0 Å². The van der Waals surface area contributed by atoms with Crippen molar-refractivity contribution in [3.8, 4) is 11.4 Å². The van der Waals surface area contributed by atoms with E-state index < -0.39 is 0 Å². The lowest BCUT2D eigenvalue weighted by molar-refractivity contribution is -0.122. The largest absolute Gasteiger partial charge is 0.294 e. The summed E-state index contributed by atoms with van der Waals surface area (Å²) in [5.74, 6) is 1.87. The van der Waals surface area contributed by atoms with E-state index >= 15 is 0 Å². The molecule has 4 nitrogen and oxygen atoms in total. The molecule has 4 heteroatoms. The highest BCUT2D eigenvalue weighted by Gasteiger charge is 2.32. The minimum atomic E-state index is 0.150. The summed E-state index contributed by atoms with van der Waals surface area (Å²) >= 11 is 0. The Balaban J connectivity index is 1.45. The summed E-state index contributed by atoms with van der Waals surface area (Å²) in [6.45, 7) is 6.44. The van der Waals surface area contributed by atoms with Crippen LogP contribution in [0.2, 0.25) is 0 Å². The van der Waals surface area contributed by atoms with Gasteiger partial charge in [0.2, 0.25) is 0 Å². The van der Waals surface area contributed by atoms with Crippen molar-refractivity contribution in [3.63, 3.8) is 0 Å². The van der Waals surface area contributed by atoms with E-state index in [9.17, 15) is 4.79 Å². The number of hydrogen-bond acceptors (Lipinski definition) is 4. The van der Waals surface area contributed by atoms with Gasteiger partial charge in [-0.15, -0.1) is 0 Å². The highest BCUT2D eigenvalue weighted by atomic mass is 16.1. The molecule has 0 amide bonds. The average Bonchev–Trinajstić information content (AvgIpc) is 2.82. The third kappa shape index (κ3) is 5.08. The number of hydrogen-bond donors (Lipinski definition) is 0. The minimum Gasteiger partial charge on any atom is -0.294 e. The summed E-state index contributed by atoms with van der Waals surface area (Å²) in [5, 5.41) is 0. The van der Waals surface area contributed by atoms with Crippen molar-refractivity contribution in [3.05, 3.63) is 83.7 Å². The molecule has 1 aliphatic carbocycles. The number of carbonyl (C=O) groups excluding carboxylic acids is 1. The Morgan fingerprint density at radius 1 is 0.938 bits per heavy atom. The second kappa shape index (κ2) is 9.82. The topological polar surface area (TPSA) is 55.2 Å². The molecule has 1 aromatic heterocycles. The van der Waals surface area contributed by atoms with Gasteiger partial charge in [-0.25, -0.2) is 9.97 Å². The maximum Gasteiger partial charge on any atom is 0.162 e. The van der Waals surface area contributed by atoms with Crippen molar-refractivity contribution < 1.29 is 4.79 Å². The van der Waals surface area contributed by atoms with Crippen LogP contribution in [0.5, 0.6) is 0 Å². The van der Waals surface area contributed by atoms with Gasteiger partial charge in [0.05, 0.1) is 5.69 Å². The van der Waals surface area contributed by atoms with Crippen LogP contribution in [0, 0.1) is 17.8 Å². The van der Waals surface area contributed by atoms with Crippen molar-refractivity contribution >= 4 is 23.8 Å². The highest BCUT2D eigenvalue weighted by molar-refractivity contribution is 6.02. The molecule has 1 fully saturated rings. The molecule has 0 aliphatic heterocycles. The van der Waals surface area contributed by atoms with Crippen molar-refractivity contribution in [1.29, 1.82) is 0 Å². The van der Waals surface area contributed by atoms with Gasteiger partial charge in [-0.3, -0.25) is 9.79 Å². The molecule has 1 aliphatic rings. The number of benzene rings is 2. The molecular formula is C28H29N3O. The molecule has 0 unspecified atom stereocenters. The van der Waals surface area contributed by atoms with E-state index in [2.05, 4.69) is 41.8 Å². The third-order valence-electron chi connectivity index (χ3n) is 6.15. The van der Waals surface area contributed by atoms with Crippen molar-refractivity contribution in [2.24, 2.45) is 22.7 Å². The predicted molar refractivity (Wildman–Crippen MR) is 131 cm³/mol. The quantitative estimate of drug-likeness (QED) is 0.345. The van der Waals surface area contributed by atoms with Gasteiger partial charge in [0.1, 0.15) is 0 Å². The van der Waals surface area contributed by atoms with Gasteiger partial charge in [-0.2, -0.15) is 0 Å². The molecule has 1 saturated carbocycles. The predicted octanol–water partition coefficient (Wildman–Crippen LogP) is 6.55. The smallest absolute Gasteiger partial charge is 0.162 e. The van der Waals surface area contributed by atoms with Crippen LogP contribution < -0.4 is 0 Å². The summed E-state index contributed by atoms with van der Waals surface area (Å²) in [6, 6.07) is 17.9. The van der Waals surface area contributed by atoms with Crippen molar-refractivity contribution in [1.82, 2.24) is 9.97 Å². The Morgan fingerprint density at radius 2 is 1.62 bits per heavy atom. The number of carbonyl (C=O) groups is 1. The molecule has 2 aromatic carbocycles. The zero-order valence-corrected chi connectivity index (χ0v) is 18.9. The highest BCUT2D eigenvalue weighted by Crippen LogP contribution is 2.35. The first-order chi connectivity index (χ1) is 15.5. The molecule has 32 heavy (non-hydrogen) atoms. The van der Waals surface area contributed by atoms with E-state index in [1.165, 1.54) is 0 Å². The Bertz CT molecular complexity index is 1110. The van der Waals surface area contributed by atoms with Crippen LogP contribution in [0.25, 0.3) is 17.5 Å². The van der Waals surface area contributed by atoms with E-state index in [0.717, 1.165) is 40.8 Å². The standard InChI is InChI=1S/C28H29N3O/c1-19(2)25-14-9-20(3)26(27(25)32)15-21-10-12-24(13-11-21)29-16-22-17-30-28(31-18-22)23-7-5-4-6-8-23/h4-8,10-13,15-20,25H,9,14H2,1-3H3/b26-15-,29-16?/t20-,25-/m1/s1. The minimum absolute atomic E-state index is 0.150. The van der Waals surface area contributed by atoms with Crippen LogP contribution in [0.1, 0.15) is 44.7 Å². The summed E-state index contributed by atoms with van der Waals surface area (Å²) in [5.41, 5.74) is 4.69. The fraction of sp³-hybridized carbons (Fsp3) is 0.286. The van der Waals surface area contributed by atoms with Crippen LogP contribution in [0.15, 0.2) is 77.6 Å². The molecule has 0 bridgehead atoms. The zero-order chi connectivity index (χ0) is 22.5. The molecule has 1 heterocycles. The number of nitrogens with zero attached hydrogens (tertiary/aromatic N) is 3. The number of aromatic nitrogens is 2. The Labute approximate surface area is 190 Å². The fourth-order valence-corrected chi connectivity index (χ4v) is 4.15. The molecule has 162 valence electrons. The van der Waals surface area contributed by atoms with Gasteiger partial charge in [0, 0.05) is 35.7 Å². The first kappa shape index (κ1) is 21.8. The zero-order valence-electron chi connectivity index (χ0n) is 18.9. The van der Waals surface area contributed by atoms with Crippen LogP contribution in [0.3, 0.4) is 0 Å². The van der Waals surface area contributed by atoms with E-state index in [1.54, 1.807) is 18.6 Å². The van der Waals surface area contributed by atoms with Gasteiger partial charge >= 0.3 is 0 Å². The lowest BCUT2D eigenvalue weighted by Gasteiger charge is -2.30. The summed E-state index contributed by atoms with van der Waals surface area (Å²) < 4.78 is 0. The number of allylic oxidation sites excluding steroid dienone is 1. The summed E-state index contributed by atoms with van der Waals surface area (Å²) in [4.78, 5) is 26.3. The maximum atomic E-state index is 12.9. The van der Waals surface area contributed by atoms with E-state index in [-0.39, 0.29) is 5.92 Å². The second-order valence-corrected chi connectivity index (χ2v) is 8.85. The lowest BCUT2D eigenvalue weighted by atomic mass is 9.73. The summed E-state index contributed by atoms with van der Waals surface area (Å²) in [7, 11) is 0. The molecule has 3 aromatic rings. The van der Waals surface area contributed by atoms with Gasteiger partial charge < -0.3 is 0 Å². The molecule has 0 radical (unpaired) electrons. The number of ketones is 1.